The molecule has 0 unspecified atom stereocenters. The van der Waals surface area contributed by atoms with Gasteiger partial charge in [-0.15, -0.1) is 0 Å². The lowest BCUT2D eigenvalue weighted by Gasteiger charge is -2.49. The maximum Gasteiger partial charge on any atom is 0.0319 e. The van der Waals surface area contributed by atoms with E-state index in [9.17, 15) is 0 Å². The minimum absolute atomic E-state index is 1.00. The lowest BCUT2D eigenvalue weighted by atomic mass is 9.56. The molecule has 3 rings (SSSR count). The van der Waals surface area contributed by atoms with E-state index >= 15 is 0 Å². The van der Waals surface area contributed by atoms with Gasteiger partial charge in [0.25, 0.3) is 0 Å². The van der Waals surface area contributed by atoms with Crippen LogP contribution in [-0.4, -0.2) is 12.2 Å². The molecule has 0 radical (unpaired) electrons. The molecule has 3 aliphatic carbocycles. The summed E-state index contributed by atoms with van der Waals surface area (Å²) in [5, 5.41) is 7.00. The minimum atomic E-state index is 1.00. The monoisotopic (exact) mass is 210 g/mol. The third-order valence-corrected chi connectivity index (χ3v) is 5.08. The third kappa shape index (κ3) is 2.22. The summed E-state index contributed by atoms with van der Waals surface area (Å²) < 4.78 is 0. The Balaban J connectivity index is 0.000000404. The van der Waals surface area contributed by atoms with Gasteiger partial charge in [0.15, 0.2) is 0 Å². The Bertz CT molecular complexity index is 144. The lowest BCUT2D eigenvalue weighted by molar-refractivity contribution is 0.0123. The standard InChI is InChI=1S/C13H22.CH4O/c1-4-10-6-2-8-12-9-3-7-11(5-1)13(10)12;1-2/h10-13H,1-9H2;2H,1H3. The molecule has 88 valence electrons. The largest absolute Gasteiger partial charge is 0.400 e. The van der Waals surface area contributed by atoms with E-state index in [1.807, 2.05) is 0 Å². The van der Waals surface area contributed by atoms with E-state index in [4.69, 9.17) is 5.11 Å². The van der Waals surface area contributed by atoms with E-state index in [2.05, 4.69) is 0 Å². The lowest BCUT2D eigenvalue weighted by Crippen LogP contribution is -2.39. The molecular weight excluding hydrogens is 184 g/mol. The normalized spacial score (nSPS) is 43.6. The molecule has 0 aromatic rings. The summed E-state index contributed by atoms with van der Waals surface area (Å²) in [6, 6.07) is 0. The number of aliphatic hydroxyl groups is 1. The topological polar surface area (TPSA) is 20.2 Å². The van der Waals surface area contributed by atoms with Crippen molar-refractivity contribution in [2.24, 2.45) is 23.7 Å². The fraction of sp³-hybridized carbons (Fsp3) is 1.00. The summed E-state index contributed by atoms with van der Waals surface area (Å²) >= 11 is 0. The van der Waals surface area contributed by atoms with Crippen LogP contribution in [0.4, 0.5) is 0 Å². The molecule has 0 aromatic heterocycles. The first-order chi connectivity index (χ1) is 7.45. The van der Waals surface area contributed by atoms with E-state index in [1.165, 1.54) is 5.92 Å². The van der Waals surface area contributed by atoms with Crippen molar-refractivity contribution in [1.29, 1.82) is 0 Å². The minimum Gasteiger partial charge on any atom is -0.400 e. The Morgan fingerprint density at radius 3 is 1.13 bits per heavy atom. The van der Waals surface area contributed by atoms with Crippen LogP contribution in [0, 0.1) is 23.7 Å². The summed E-state index contributed by atoms with van der Waals surface area (Å²) in [5.74, 6) is 4.68. The predicted molar refractivity (Wildman–Crippen MR) is 63.7 cm³/mol. The first kappa shape index (κ1) is 11.4. The Hall–Kier alpha value is -0.0400. The van der Waals surface area contributed by atoms with Gasteiger partial charge in [0.1, 0.15) is 0 Å². The molecule has 1 heteroatoms. The molecule has 1 N–H and O–H groups in total. The van der Waals surface area contributed by atoms with Gasteiger partial charge in [-0.2, -0.15) is 0 Å². The second kappa shape index (κ2) is 5.34. The van der Waals surface area contributed by atoms with Gasteiger partial charge in [0.2, 0.25) is 0 Å². The molecule has 3 saturated carbocycles. The molecule has 0 atom stereocenters. The smallest absolute Gasteiger partial charge is 0.0319 e. The van der Waals surface area contributed by atoms with Crippen molar-refractivity contribution < 1.29 is 5.11 Å². The third-order valence-electron chi connectivity index (χ3n) is 5.08. The zero-order chi connectivity index (χ0) is 10.7. The van der Waals surface area contributed by atoms with Crippen LogP contribution in [0.25, 0.3) is 0 Å². The van der Waals surface area contributed by atoms with Crippen molar-refractivity contribution in [2.45, 2.75) is 57.8 Å². The number of aliphatic hydroxyl groups excluding tert-OH is 1. The van der Waals surface area contributed by atoms with Gasteiger partial charge in [0, 0.05) is 7.11 Å². The summed E-state index contributed by atoms with van der Waals surface area (Å²) in [6.45, 7) is 0. The van der Waals surface area contributed by atoms with Gasteiger partial charge in [0.05, 0.1) is 0 Å². The predicted octanol–water partition coefficient (Wildman–Crippen LogP) is 3.61. The fourth-order valence-corrected chi connectivity index (χ4v) is 4.67. The number of rotatable bonds is 0. The Kier molecular flexibility index (Phi) is 4.07. The van der Waals surface area contributed by atoms with E-state index in [1.54, 1.807) is 57.8 Å². The number of hydrogen-bond acceptors (Lipinski definition) is 1. The average Bonchev–Trinajstić information content (AvgIpc) is 2.33. The summed E-state index contributed by atoms with van der Waals surface area (Å²) in [4.78, 5) is 0. The van der Waals surface area contributed by atoms with Crippen molar-refractivity contribution in [1.82, 2.24) is 0 Å². The van der Waals surface area contributed by atoms with Crippen molar-refractivity contribution in [2.75, 3.05) is 7.11 Å². The first-order valence-electron chi connectivity index (χ1n) is 6.90. The Morgan fingerprint density at radius 2 is 0.867 bits per heavy atom. The maximum atomic E-state index is 7.00. The van der Waals surface area contributed by atoms with E-state index in [0.29, 0.717) is 0 Å². The molecular formula is C14H26O. The van der Waals surface area contributed by atoms with Gasteiger partial charge in [-0.25, -0.2) is 0 Å². The second-order valence-electron chi connectivity index (χ2n) is 5.65. The van der Waals surface area contributed by atoms with Gasteiger partial charge < -0.3 is 5.11 Å². The van der Waals surface area contributed by atoms with Gasteiger partial charge in [-0.3, -0.25) is 0 Å². The van der Waals surface area contributed by atoms with Crippen molar-refractivity contribution in [3.8, 4) is 0 Å². The quantitative estimate of drug-likeness (QED) is 0.647. The van der Waals surface area contributed by atoms with Gasteiger partial charge in [-0.1, -0.05) is 57.8 Å². The van der Waals surface area contributed by atoms with Crippen molar-refractivity contribution >= 4 is 0 Å². The fourth-order valence-electron chi connectivity index (χ4n) is 4.67. The van der Waals surface area contributed by atoms with Crippen LogP contribution in [0.5, 0.6) is 0 Å². The highest BCUT2D eigenvalue weighted by molar-refractivity contribution is 4.92. The molecule has 0 saturated heterocycles. The first-order valence-corrected chi connectivity index (χ1v) is 6.90. The summed E-state index contributed by atoms with van der Waals surface area (Å²) in [7, 11) is 1.00. The van der Waals surface area contributed by atoms with Crippen molar-refractivity contribution in [3.05, 3.63) is 0 Å². The molecule has 3 aliphatic rings. The molecule has 3 fully saturated rings. The maximum absolute atomic E-state index is 7.00. The molecule has 0 amide bonds. The molecule has 0 spiro atoms. The zero-order valence-electron chi connectivity index (χ0n) is 10.1. The van der Waals surface area contributed by atoms with E-state index in [0.717, 1.165) is 24.9 Å². The van der Waals surface area contributed by atoms with Gasteiger partial charge >= 0.3 is 0 Å². The highest BCUT2D eigenvalue weighted by Gasteiger charge is 2.42. The molecule has 15 heavy (non-hydrogen) atoms. The van der Waals surface area contributed by atoms with E-state index in [-0.39, 0.29) is 0 Å². The number of hydrogen-bond donors (Lipinski definition) is 1. The van der Waals surface area contributed by atoms with E-state index < -0.39 is 0 Å². The molecule has 0 aliphatic heterocycles. The van der Waals surface area contributed by atoms with Crippen molar-refractivity contribution in [3.63, 3.8) is 0 Å². The molecule has 0 heterocycles. The van der Waals surface area contributed by atoms with Crippen LogP contribution >= 0.6 is 0 Å². The summed E-state index contributed by atoms with van der Waals surface area (Å²) in [5.41, 5.74) is 0. The molecule has 0 bridgehead atoms. The second-order valence-corrected chi connectivity index (χ2v) is 5.65. The van der Waals surface area contributed by atoms with Crippen LogP contribution < -0.4 is 0 Å². The van der Waals surface area contributed by atoms with Crippen LogP contribution in [0.3, 0.4) is 0 Å². The highest BCUT2D eigenvalue weighted by Crippen LogP contribution is 2.52. The zero-order valence-corrected chi connectivity index (χ0v) is 10.1. The highest BCUT2D eigenvalue weighted by atomic mass is 16.2. The SMILES string of the molecule is C1CC2CCCC3CCCC(C1)C23.CO. The Labute approximate surface area is 94.3 Å². The average molecular weight is 210 g/mol. The molecule has 1 nitrogen and oxygen atoms in total. The summed E-state index contributed by atoms with van der Waals surface area (Å²) in [6.07, 6.45) is 14.1. The molecule has 0 aromatic carbocycles. The van der Waals surface area contributed by atoms with Crippen LogP contribution in [0.2, 0.25) is 0 Å². The van der Waals surface area contributed by atoms with Crippen LogP contribution in [-0.2, 0) is 0 Å². The Morgan fingerprint density at radius 1 is 0.600 bits per heavy atom. The van der Waals surface area contributed by atoms with Gasteiger partial charge in [-0.05, 0) is 23.7 Å². The van der Waals surface area contributed by atoms with Crippen LogP contribution in [0.1, 0.15) is 57.8 Å². The van der Waals surface area contributed by atoms with Crippen LogP contribution in [0.15, 0.2) is 0 Å².